The van der Waals surface area contributed by atoms with Crippen molar-refractivity contribution in [2.45, 2.75) is 25.7 Å². The Bertz CT molecular complexity index is 931. The zero-order valence-corrected chi connectivity index (χ0v) is 15.5. The number of carbonyl (C=O) groups is 2. The highest BCUT2D eigenvalue weighted by molar-refractivity contribution is 6.31. The third kappa shape index (κ3) is 5.08. The van der Waals surface area contributed by atoms with Crippen LogP contribution in [0.3, 0.4) is 0 Å². The summed E-state index contributed by atoms with van der Waals surface area (Å²) >= 11 is 5.82. The molecule has 0 fully saturated rings. The first-order valence-electron chi connectivity index (χ1n) is 8.84. The van der Waals surface area contributed by atoms with Gasteiger partial charge >= 0.3 is 5.97 Å². The number of rotatable bonds is 5. The van der Waals surface area contributed by atoms with Gasteiger partial charge in [0.25, 0.3) is 0 Å². The van der Waals surface area contributed by atoms with Crippen molar-refractivity contribution in [1.82, 2.24) is 0 Å². The van der Waals surface area contributed by atoms with Gasteiger partial charge in [0.2, 0.25) is 5.91 Å². The Morgan fingerprint density at radius 3 is 2.70 bits per heavy atom. The van der Waals surface area contributed by atoms with Crippen molar-refractivity contribution >= 4 is 40.8 Å². The molecule has 0 heterocycles. The number of halogens is 1. The monoisotopic (exact) mass is 381 g/mol. The number of carboxylic acids is 1. The summed E-state index contributed by atoms with van der Waals surface area (Å²) in [6.45, 7) is 0. The molecule has 0 saturated carbocycles. The number of aromatic carboxylic acids is 1. The lowest BCUT2D eigenvalue weighted by Gasteiger charge is -2.13. The maximum absolute atomic E-state index is 12.2. The van der Waals surface area contributed by atoms with Gasteiger partial charge in [0, 0.05) is 11.1 Å². The van der Waals surface area contributed by atoms with E-state index in [0.29, 0.717) is 5.02 Å². The fraction of sp³-hybridized carbons (Fsp3) is 0.182. The average molecular weight is 382 g/mol. The molecule has 3 rings (SSSR count). The molecule has 0 atom stereocenters. The number of amides is 1. The van der Waals surface area contributed by atoms with E-state index in [4.69, 9.17) is 11.6 Å². The number of nitrogens with one attached hydrogen (secondary N) is 1. The number of allylic oxidation sites excluding steroid dienone is 2. The predicted octanol–water partition coefficient (Wildman–Crippen LogP) is 5.65. The van der Waals surface area contributed by atoms with Crippen LogP contribution in [0, 0.1) is 0 Å². The Kier molecular flexibility index (Phi) is 6.09. The molecule has 1 aliphatic carbocycles. The molecule has 4 nitrogen and oxygen atoms in total. The SMILES string of the molecule is O=C(/C=C/c1cccc(C2=CCCCC2)c1)Nc1ccc(Cl)cc1C(=O)O. The molecule has 0 aliphatic heterocycles. The standard InChI is InChI=1S/C22H20ClNO3/c23-18-10-11-20(19(14-18)22(26)27)24-21(25)12-9-15-5-4-8-17(13-15)16-6-2-1-3-7-16/h4-6,8-14H,1-3,7H2,(H,24,25)(H,26,27)/b12-9+. The van der Waals surface area contributed by atoms with Gasteiger partial charge in [0.1, 0.15) is 0 Å². The minimum atomic E-state index is -1.15. The molecule has 0 spiro atoms. The van der Waals surface area contributed by atoms with Crippen LogP contribution in [-0.4, -0.2) is 17.0 Å². The summed E-state index contributed by atoms with van der Waals surface area (Å²) in [5.74, 6) is -1.55. The fourth-order valence-corrected chi connectivity index (χ4v) is 3.26. The van der Waals surface area contributed by atoms with E-state index < -0.39 is 11.9 Å². The van der Waals surface area contributed by atoms with Crippen molar-refractivity contribution in [2.24, 2.45) is 0 Å². The molecular weight excluding hydrogens is 362 g/mol. The largest absolute Gasteiger partial charge is 0.478 e. The third-order valence-electron chi connectivity index (χ3n) is 4.45. The molecule has 0 bridgehead atoms. The highest BCUT2D eigenvalue weighted by atomic mass is 35.5. The smallest absolute Gasteiger partial charge is 0.337 e. The Morgan fingerprint density at radius 1 is 1.11 bits per heavy atom. The second-order valence-corrected chi connectivity index (χ2v) is 6.85. The van der Waals surface area contributed by atoms with Crippen molar-refractivity contribution in [2.75, 3.05) is 5.32 Å². The molecule has 5 heteroatoms. The summed E-state index contributed by atoms with van der Waals surface area (Å²) in [6.07, 6.45) is 10.1. The van der Waals surface area contributed by atoms with Crippen LogP contribution in [0.15, 0.2) is 54.6 Å². The number of carbonyl (C=O) groups excluding carboxylic acids is 1. The summed E-state index contributed by atoms with van der Waals surface area (Å²) in [4.78, 5) is 23.5. The molecule has 0 aromatic heterocycles. The molecule has 138 valence electrons. The molecule has 2 aromatic carbocycles. The molecule has 0 unspecified atom stereocenters. The van der Waals surface area contributed by atoms with Gasteiger partial charge < -0.3 is 10.4 Å². The minimum Gasteiger partial charge on any atom is -0.478 e. The van der Waals surface area contributed by atoms with Crippen molar-refractivity contribution in [1.29, 1.82) is 0 Å². The van der Waals surface area contributed by atoms with Gasteiger partial charge in [-0.25, -0.2) is 4.79 Å². The molecular formula is C22H20ClNO3. The summed E-state index contributed by atoms with van der Waals surface area (Å²) in [5, 5.41) is 12.1. The average Bonchev–Trinajstić information content (AvgIpc) is 2.68. The van der Waals surface area contributed by atoms with E-state index in [0.717, 1.165) is 18.4 Å². The zero-order chi connectivity index (χ0) is 19.2. The second kappa shape index (κ2) is 8.69. The summed E-state index contributed by atoms with van der Waals surface area (Å²) in [5.41, 5.74) is 3.62. The van der Waals surface area contributed by atoms with E-state index in [9.17, 15) is 14.7 Å². The molecule has 1 aliphatic rings. The molecule has 0 saturated heterocycles. The van der Waals surface area contributed by atoms with Gasteiger partial charge in [-0.15, -0.1) is 0 Å². The molecule has 2 N–H and O–H groups in total. The number of anilines is 1. The minimum absolute atomic E-state index is 0.0458. The predicted molar refractivity (Wildman–Crippen MR) is 109 cm³/mol. The van der Waals surface area contributed by atoms with E-state index in [1.807, 2.05) is 12.1 Å². The van der Waals surface area contributed by atoms with Crippen LogP contribution in [0.25, 0.3) is 11.6 Å². The molecule has 27 heavy (non-hydrogen) atoms. The van der Waals surface area contributed by atoms with E-state index in [1.165, 1.54) is 48.3 Å². The molecule has 2 aromatic rings. The molecule has 0 radical (unpaired) electrons. The first-order chi connectivity index (χ1) is 13.0. The van der Waals surface area contributed by atoms with Crippen LogP contribution < -0.4 is 5.32 Å². The number of hydrogen-bond acceptors (Lipinski definition) is 2. The van der Waals surface area contributed by atoms with Crippen molar-refractivity contribution in [3.05, 3.63) is 76.3 Å². The van der Waals surface area contributed by atoms with E-state index in [1.54, 1.807) is 6.08 Å². The second-order valence-electron chi connectivity index (χ2n) is 6.42. The van der Waals surface area contributed by atoms with Gasteiger partial charge in [-0.3, -0.25) is 4.79 Å². The number of carboxylic acid groups (broad SMARTS) is 1. The maximum Gasteiger partial charge on any atom is 0.337 e. The van der Waals surface area contributed by atoms with Gasteiger partial charge in [0.05, 0.1) is 11.3 Å². The lowest BCUT2D eigenvalue weighted by atomic mass is 9.93. The van der Waals surface area contributed by atoms with Gasteiger partial charge in [0.15, 0.2) is 0 Å². The lowest BCUT2D eigenvalue weighted by Crippen LogP contribution is -2.12. The van der Waals surface area contributed by atoms with Crippen LogP contribution >= 0.6 is 11.6 Å². The summed E-state index contributed by atoms with van der Waals surface area (Å²) in [7, 11) is 0. The number of hydrogen-bond donors (Lipinski definition) is 2. The van der Waals surface area contributed by atoms with E-state index >= 15 is 0 Å². The van der Waals surface area contributed by atoms with E-state index in [-0.39, 0.29) is 11.3 Å². The Hall–Kier alpha value is -2.85. The highest BCUT2D eigenvalue weighted by Gasteiger charge is 2.12. The van der Waals surface area contributed by atoms with Crippen LogP contribution in [0.5, 0.6) is 0 Å². The Balaban J connectivity index is 1.72. The van der Waals surface area contributed by atoms with Gasteiger partial charge in [-0.1, -0.05) is 35.9 Å². The Morgan fingerprint density at radius 2 is 1.96 bits per heavy atom. The molecule has 1 amide bonds. The van der Waals surface area contributed by atoms with Crippen LogP contribution in [0.4, 0.5) is 5.69 Å². The van der Waals surface area contributed by atoms with Crippen molar-refractivity contribution in [3.8, 4) is 0 Å². The van der Waals surface area contributed by atoms with Crippen LogP contribution in [0.2, 0.25) is 5.02 Å². The van der Waals surface area contributed by atoms with Crippen LogP contribution in [-0.2, 0) is 4.79 Å². The maximum atomic E-state index is 12.2. The third-order valence-corrected chi connectivity index (χ3v) is 4.68. The normalized spacial score (nSPS) is 14.0. The van der Waals surface area contributed by atoms with Crippen molar-refractivity contribution in [3.63, 3.8) is 0 Å². The topological polar surface area (TPSA) is 66.4 Å². The number of benzene rings is 2. The Labute approximate surface area is 163 Å². The highest BCUT2D eigenvalue weighted by Crippen LogP contribution is 2.27. The first-order valence-corrected chi connectivity index (χ1v) is 9.22. The van der Waals surface area contributed by atoms with E-state index in [2.05, 4.69) is 23.5 Å². The zero-order valence-electron chi connectivity index (χ0n) is 14.7. The van der Waals surface area contributed by atoms with Gasteiger partial charge in [-0.05, 0) is 72.7 Å². The van der Waals surface area contributed by atoms with Crippen molar-refractivity contribution < 1.29 is 14.7 Å². The fourth-order valence-electron chi connectivity index (χ4n) is 3.09. The van der Waals surface area contributed by atoms with Crippen LogP contribution in [0.1, 0.15) is 47.2 Å². The lowest BCUT2D eigenvalue weighted by molar-refractivity contribution is -0.111. The quantitative estimate of drug-likeness (QED) is 0.658. The summed E-state index contributed by atoms with van der Waals surface area (Å²) < 4.78 is 0. The van der Waals surface area contributed by atoms with Gasteiger partial charge in [-0.2, -0.15) is 0 Å². The summed E-state index contributed by atoms with van der Waals surface area (Å²) in [6, 6.07) is 12.4. The first kappa shape index (κ1) is 18.9.